The molecule has 1 atom stereocenters. The Bertz CT molecular complexity index is 1340. The summed E-state index contributed by atoms with van der Waals surface area (Å²) in [5.74, 6) is -0.856. The lowest BCUT2D eigenvalue weighted by molar-refractivity contribution is -0.122. The second kappa shape index (κ2) is 8.45. The number of nitrogens with zero attached hydrogens (tertiary/aromatic N) is 1. The van der Waals surface area contributed by atoms with Crippen LogP contribution in [0.1, 0.15) is 24.0 Å². The molecule has 3 rings (SSSR count). The van der Waals surface area contributed by atoms with Crippen molar-refractivity contribution < 1.29 is 30.6 Å². The summed E-state index contributed by atoms with van der Waals surface area (Å²) in [6.45, 7) is 2.87. The molecule has 0 amide bonds. The molecule has 0 bridgehead atoms. The van der Waals surface area contributed by atoms with Crippen LogP contribution in [-0.4, -0.2) is 46.6 Å². The van der Waals surface area contributed by atoms with Crippen LogP contribution in [0.3, 0.4) is 0 Å². The molecule has 0 aliphatic heterocycles. The number of carbonyl (C=O) groups is 1. The number of ether oxygens (including phenoxy) is 1. The largest absolute Gasteiger partial charge is 0.495 e. The molecule has 166 valence electrons. The number of carbonyl (C=O) groups excluding carboxylic acids is 1. The zero-order valence-corrected chi connectivity index (χ0v) is 19.2. The number of hydrogen-bond donors (Lipinski definition) is 0. The predicted octanol–water partition coefficient (Wildman–Crippen LogP) is 2.84. The normalized spacial score (nSPS) is 13.3. The summed E-state index contributed by atoms with van der Waals surface area (Å²) in [6, 6.07) is 11.3. The molecule has 2 aromatic carbocycles. The van der Waals surface area contributed by atoms with Crippen LogP contribution in [0, 0.1) is 6.92 Å². The van der Waals surface area contributed by atoms with Gasteiger partial charge in [0.1, 0.15) is 17.9 Å². The maximum absolute atomic E-state index is 13.3. The number of aryl methyl sites for hydroxylation is 1. The Hall–Kier alpha value is -2.69. The summed E-state index contributed by atoms with van der Waals surface area (Å²) in [6.07, 6.45) is 2.28. The van der Waals surface area contributed by atoms with E-state index < -0.39 is 38.4 Å². The predicted molar refractivity (Wildman–Crippen MR) is 116 cm³/mol. The van der Waals surface area contributed by atoms with Crippen LogP contribution in [0.25, 0.3) is 10.9 Å². The van der Waals surface area contributed by atoms with E-state index in [9.17, 15) is 21.6 Å². The standard InChI is InChI=1S/C21H23NO7S2/c1-14-5-7-16(8-6-14)31(26,27)22-12-11-18-17(9-10-20(28-3)21(18)22)15(2)19(23)13-29-30(4,24)25/h5-12,15H,13H2,1-4H3/t15-/m0/s1. The van der Waals surface area contributed by atoms with Gasteiger partial charge < -0.3 is 4.74 Å². The maximum atomic E-state index is 13.3. The molecule has 0 aliphatic rings. The second-order valence-corrected chi connectivity index (χ2v) is 10.7. The molecule has 1 aromatic heterocycles. The van der Waals surface area contributed by atoms with Gasteiger partial charge in [0, 0.05) is 17.5 Å². The number of benzene rings is 2. The molecular formula is C21H23NO7S2. The average Bonchev–Trinajstić information content (AvgIpc) is 3.16. The van der Waals surface area contributed by atoms with Gasteiger partial charge in [0.2, 0.25) is 0 Å². The lowest BCUT2D eigenvalue weighted by Gasteiger charge is -2.15. The van der Waals surface area contributed by atoms with Crippen molar-refractivity contribution in [2.24, 2.45) is 0 Å². The van der Waals surface area contributed by atoms with Gasteiger partial charge in [-0.25, -0.2) is 12.4 Å². The van der Waals surface area contributed by atoms with E-state index in [0.717, 1.165) is 15.8 Å². The van der Waals surface area contributed by atoms with Crippen molar-refractivity contribution in [3.63, 3.8) is 0 Å². The van der Waals surface area contributed by atoms with Gasteiger partial charge in [0.15, 0.2) is 5.78 Å². The molecular weight excluding hydrogens is 442 g/mol. The van der Waals surface area contributed by atoms with Crippen molar-refractivity contribution >= 4 is 36.8 Å². The SMILES string of the molecule is COc1ccc([C@H](C)C(=O)COS(C)(=O)=O)c2ccn(S(=O)(=O)c3ccc(C)cc3)c12. The van der Waals surface area contributed by atoms with Crippen LogP contribution in [-0.2, 0) is 29.1 Å². The molecule has 31 heavy (non-hydrogen) atoms. The quantitative estimate of drug-likeness (QED) is 0.471. The number of ketones is 1. The highest BCUT2D eigenvalue weighted by molar-refractivity contribution is 7.90. The maximum Gasteiger partial charge on any atom is 0.268 e. The van der Waals surface area contributed by atoms with Crippen molar-refractivity contribution in [1.29, 1.82) is 0 Å². The molecule has 0 N–H and O–H groups in total. The molecule has 0 aliphatic carbocycles. The number of aromatic nitrogens is 1. The van der Waals surface area contributed by atoms with Crippen LogP contribution < -0.4 is 4.74 Å². The van der Waals surface area contributed by atoms with Gasteiger partial charge in [-0.05, 0) is 36.8 Å². The Balaban J connectivity index is 2.11. The summed E-state index contributed by atoms with van der Waals surface area (Å²) in [7, 11) is -6.25. The van der Waals surface area contributed by atoms with Crippen molar-refractivity contribution in [2.45, 2.75) is 24.7 Å². The molecule has 0 saturated heterocycles. The van der Waals surface area contributed by atoms with E-state index in [1.165, 1.54) is 25.4 Å². The molecule has 10 heteroatoms. The molecule has 0 fully saturated rings. The summed E-state index contributed by atoms with van der Waals surface area (Å²) in [4.78, 5) is 12.6. The summed E-state index contributed by atoms with van der Waals surface area (Å²) < 4.78 is 60.1. The van der Waals surface area contributed by atoms with E-state index in [-0.39, 0.29) is 4.90 Å². The monoisotopic (exact) mass is 465 g/mol. The Labute approximate surface area is 181 Å². The van der Waals surface area contributed by atoms with Crippen LogP contribution in [0.5, 0.6) is 5.75 Å². The molecule has 0 spiro atoms. The first-order valence-corrected chi connectivity index (χ1v) is 12.6. The number of methoxy groups -OCH3 is 1. The van der Waals surface area contributed by atoms with Crippen LogP contribution in [0.2, 0.25) is 0 Å². The number of Topliss-reactive ketones (excluding diaryl/α,β-unsaturated/α-hetero) is 1. The van der Waals surface area contributed by atoms with E-state index >= 15 is 0 Å². The summed E-state index contributed by atoms with van der Waals surface area (Å²) >= 11 is 0. The van der Waals surface area contributed by atoms with E-state index in [1.54, 1.807) is 37.3 Å². The van der Waals surface area contributed by atoms with Gasteiger partial charge in [0.05, 0.1) is 18.3 Å². The average molecular weight is 466 g/mol. The lowest BCUT2D eigenvalue weighted by Crippen LogP contribution is -2.19. The lowest BCUT2D eigenvalue weighted by atomic mass is 9.94. The third-order valence-corrected chi connectivity index (χ3v) is 7.21. The molecule has 0 unspecified atom stereocenters. The Morgan fingerprint density at radius 1 is 1.03 bits per heavy atom. The van der Waals surface area contributed by atoms with E-state index in [4.69, 9.17) is 4.74 Å². The van der Waals surface area contributed by atoms with Crippen LogP contribution >= 0.6 is 0 Å². The minimum Gasteiger partial charge on any atom is -0.495 e. The fourth-order valence-corrected chi connectivity index (χ4v) is 4.94. The summed E-state index contributed by atoms with van der Waals surface area (Å²) in [5.41, 5.74) is 1.76. The minimum atomic E-state index is -3.92. The zero-order chi connectivity index (χ0) is 23.0. The van der Waals surface area contributed by atoms with E-state index in [1.807, 2.05) is 6.92 Å². The molecule has 0 saturated carbocycles. The van der Waals surface area contributed by atoms with E-state index in [2.05, 4.69) is 4.18 Å². The van der Waals surface area contributed by atoms with E-state index in [0.29, 0.717) is 22.2 Å². The van der Waals surface area contributed by atoms with Gasteiger partial charge in [-0.15, -0.1) is 0 Å². The van der Waals surface area contributed by atoms with Crippen LogP contribution in [0.15, 0.2) is 53.6 Å². The smallest absolute Gasteiger partial charge is 0.268 e. The first kappa shape index (κ1) is 23.0. The molecule has 1 heterocycles. The topological polar surface area (TPSA) is 109 Å². The number of hydrogen-bond acceptors (Lipinski definition) is 7. The fourth-order valence-electron chi connectivity index (χ4n) is 3.25. The minimum absolute atomic E-state index is 0.119. The molecule has 0 radical (unpaired) electrons. The highest BCUT2D eigenvalue weighted by atomic mass is 32.2. The van der Waals surface area contributed by atoms with Gasteiger partial charge in [-0.2, -0.15) is 8.42 Å². The van der Waals surface area contributed by atoms with Crippen molar-refractivity contribution in [3.05, 3.63) is 59.8 Å². The first-order valence-electron chi connectivity index (χ1n) is 9.33. The molecule has 3 aromatic rings. The highest BCUT2D eigenvalue weighted by Crippen LogP contribution is 2.35. The van der Waals surface area contributed by atoms with Gasteiger partial charge in [0.25, 0.3) is 20.1 Å². The second-order valence-electron chi connectivity index (χ2n) is 7.20. The zero-order valence-electron chi connectivity index (χ0n) is 17.5. The first-order chi connectivity index (χ1) is 14.5. The van der Waals surface area contributed by atoms with Gasteiger partial charge in [-0.1, -0.05) is 30.7 Å². The Morgan fingerprint density at radius 3 is 2.26 bits per heavy atom. The van der Waals surface area contributed by atoms with Crippen molar-refractivity contribution in [2.75, 3.05) is 20.0 Å². The fraction of sp³-hybridized carbons (Fsp3) is 0.286. The van der Waals surface area contributed by atoms with Crippen LogP contribution in [0.4, 0.5) is 0 Å². The molecule has 8 nitrogen and oxygen atoms in total. The number of fused-ring (bicyclic) bond motifs is 1. The number of rotatable bonds is 8. The third kappa shape index (κ3) is 4.65. The highest BCUT2D eigenvalue weighted by Gasteiger charge is 2.26. The van der Waals surface area contributed by atoms with Gasteiger partial charge >= 0.3 is 0 Å². The summed E-state index contributed by atoms with van der Waals surface area (Å²) in [5, 5.41) is 0.509. The Kier molecular flexibility index (Phi) is 6.26. The third-order valence-electron chi connectivity index (χ3n) is 4.97. The van der Waals surface area contributed by atoms with Crippen molar-refractivity contribution in [1.82, 2.24) is 3.97 Å². The Morgan fingerprint density at radius 2 is 1.68 bits per heavy atom. The van der Waals surface area contributed by atoms with Gasteiger partial charge in [-0.3, -0.25) is 8.98 Å². The van der Waals surface area contributed by atoms with Crippen molar-refractivity contribution in [3.8, 4) is 5.75 Å².